The summed E-state index contributed by atoms with van der Waals surface area (Å²) >= 11 is 1.19. The van der Waals surface area contributed by atoms with Crippen LogP contribution in [-0.2, 0) is 13.6 Å². The van der Waals surface area contributed by atoms with Crippen LogP contribution in [0.1, 0.15) is 23.7 Å². The molecule has 0 atom stereocenters. The molecule has 2 N–H and O–H groups in total. The van der Waals surface area contributed by atoms with E-state index in [-0.39, 0.29) is 17.1 Å². The molecule has 0 saturated heterocycles. The van der Waals surface area contributed by atoms with Gasteiger partial charge < -0.3 is 5.73 Å². The first-order valence-electron chi connectivity index (χ1n) is 10.5. The van der Waals surface area contributed by atoms with Gasteiger partial charge in [0, 0.05) is 29.9 Å². The Morgan fingerprint density at radius 3 is 2.36 bits per heavy atom. The van der Waals surface area contributed by atoms with E-state index in [1.807, 2.05) is 61.5 Å². The maximum atomic E-state index is 13.0. The quantitative estimate of drug-likeness (QED) is 0.332. The largest absolute Gasteiger partial charge is 0.384 e. The summed E-state index contributed by atoms with van der Waals surface area (Å²) in [5, 5.41) is 11.1. The van der Waals surface area contributed by atoms with E-state index in [0.717, 1.165) is 26.6 Å². The van der Waals surface area contributed by atoms with E-state index < -0.39 is 17.0 Å². The van der Waals surface area contributed by atoms with Gasteiger partial charge in [-0.05, 0) is 6.42 Å². The lowest BCUT2D eigenvalue weighted by Crippen LogP contribution is -2.42. The van der Waals surface area contributed by atoms with E-state index in [9.17, 15) is 14.4 Å². The molecule has 2 aromatic carbocycles. The Morgan fingerprint density at radius 2 is 1.67 bits per heavy atom. The predicted molar refractivity (Wildman–Crippen MR) is 131 cm³/mol. The molecule has 0 saturated carbocycles. The summed E-state index contributed by atoms with van der Waals surface area (Å²) in [6.07, 6.45) is 0.639. The number of hydrogen-bond donors (Lipinski definition) is 1. The minimum absolute atomic E-state index is 0.0624. The monoisotopic (exact) mass is 461 g/mol. The van der Waals surface area contributed by atoms with Gasteiger partial charge in [-0.25, -0.2) is 4.79 Å². The van der Waals surface area contributed by atoms with E-state index in [1.165, 1.54) is 23.4 Å². The van der Waals surface area contributed by atoms with Gasteiger partial charge >= 0.3 is 5.69 Å². The highest BCUT2D eigenvalue weighted by Gasteiger charge is 2.22. The fourth-order valence-electron chi connectivity index (χ4n) is 3.69. The number of nitrogens with two attached hydrogens (primary N) is 1. The normalized spacial score (nSPS) is 11.1. The van der Waals surface area contributed by atoms with Crippen molar-refractivity contribution in [2.45, 2.75) is 24.9 Å². The first-order chi connectivity index (χ1) is 15.9. The van der Waals surface area contributed by atoms with Gasteiger partial charge in [-0.1, -0.05) is 73.3 Å². The highest BCUT2D eigenvalue weighted by molar-refractivity contribution is 8.00. The zero-order valence-electron chi connectivity index (χ0n) is 18.3. The van der Waals surface area contributed by atoms with Crippen LogP contribution in [0.2, 0.25) is 0 Å². The molecule has 9 heteroatoms. The number of benzene rings is 2. The molecule has 4 aromatic rings. The third-order valence-corrected chi connectivity index (χ3v) is 6.33. The lowest BCUT2D eigenvalue weighted by atomic mass is 10.1. The van der Waals surface area contributed by atoms with Crippen LogP contribution in [-0.4, -0.2) is 30.9 Å². The van der Waals surface area contributed by atoms with E-state index in [2.05, 4.69) is 10.2 Å². The molecule has 0 fully saturated rings. The van der Waals surface area contributed by atoms with Crippen molar-refractivity contribution >= 4 is 34.1 Å². The van der Waals surface area contributed by atoms with Gasteiger partial charge in [0.15, 0.2) is 5.78 Å². The summed E-state index contributed by atoms with van der Waals surface area (Å²) in [4.78, 5) is 38.0. The molecule has 0 aliphatic heterocycles. The Labute approximate surface area is 194 Å². The zero-order valence-corrected chi connectivity index (χ0v) is 19.1. The van der Waals surface area contributed by atoms with E-state index in [0.29, 0.717) is 18.0 Å². The van der Waals surface area contributed by atoms with Crippen LogP contribution in [0.4, 0.5) is 5.82 Å². The second kappa shape index (κ2) is 9.41. The number of carbonyl (C=O) groups excluding carboxylic acids is 1. The van der Waals surface area contributed by atoms with Crippen molar-refractivity contribution < 1.29 is 4.79 Å². The second-order valence-corrected chi connectivity index (χ2v) is 8.50. The van der Waals surface area contributed by atoms with Gasteiger partial charge in [-0.3, -0.25) is 18.7 Å². The van der Waals surface area contributed by atoms with Gasteiger partial charge in [0.2, 0.25) is 0 Å². The number of hydrogen-bond acceptors (Lipinski definition) is 7. The van der Waals surface area contributed by atoms with Crippen molar-refractivity contribution in [3.05, 3.63) is 81.0 Å². The van der Waals surface area contributed by atoms with Crippen LogP contribution < -0.4 is 17.0 Å². The first-order valence-corrected chi connectivity index (χ1v) is 11.5. The van der Waals surface area contributed by atoms with Crippen molar-refractivity contribution in [3.63, 3.8) is 0 Å². The molecule has 0 aliphatic rings. The first kappa shape index (κ1) is 22.5. The maximum Gasteiger partial charge on any atom is 0.332 e. The molecular formula is C24H23N5O3S. The van der Waals surface area contributed by atoms with Crippen LogP contribution in [0, 0.1) is 0 Å². The Balaban J connectivity index is 1.69. The average molecular weight is 462 g/mol. The second-order valence-electron chi connectivity index (χ2n) is 7.54. The average Bonchev–Trinajstić information content (AvgIpc) is 2.84. The summed E-state index contributed by atoms with van der Waals surface area (Å²) in [5.41, 5.74) is 6.39. The molecule has 2 aromatic heterocycles. The SMILES string of the molecule is CCCn1c(N)c(C(=O)CSc2nnc(-c3ccccc3)c3ccccc23)c(=O)n(C)c1=O. The van der Waals surface area contributed by atoms with Crippen LogP contribution in [0.25, 0.3) is 22.0 Å². The number of ketones is 1. The number of Topliss-reactive ketones (excluding diaryl/α,β-unsaturated/α-hetero) is 1. The van der Waals surface area contributed by atoms with Crippen molar-refractivity contribution in [1.29, 1.82) is 0 Å². The topological polar surface area (TPSA) is 113 Å². The molecule has 0 radical (unpaired) electrons. The molecule has 0 aliphatic carbocycles. The number of aromatic nitrogens is 4. The molecule has 168 valence electrons. The Bertz CT molecular complexity index is 1460. The highest BCUT2D eigenvalue weighted by atomic mass is 32.2. The molecule has 4 rings (SSSR count). The number of nitrogen functional groups attached to an aromatic ring is 1. The van der Waals surface area contributed by atoms with Crippen LogP contribution in [0.15, 0.2) is 69.2 Å². The standard InChI is InChI=1S/C24H23N5O3S/c1-3-13-29-21(25)19(23(31)28(2)24(29)32)18(30)14-33-22-17-12-8-7-11-16(17)20(26-27-22)15-9-5-4-6-10-15/h4-12H,3,13-14,25H2,1-2H3. The van der Waals surface area contributed by atoms with Gasteiger partial charge in [-0.15, -0.1) is 10.2 Å². The fourth-order valence-corrected chi connectivity index (χ4v) is 4.53. The third kappa shape index (κ3) is 4.19. The highest BCUT2D eigenvalue weighted by Crippen LogP contribution is 2.31. The summed E-state index contributed by atoms with van der Waals surface area (Å²) in [5.74, 6) is -0.612. The molecule has 8 nitrogen and oxygen atoms in total. The fraction of sp³-hybridized carbons (Fsp3) is 0.208. The van der Waals surface area contributed by atoms with Crippen molar-refractivity contribution in [2.24, 2.45) is 7.05 Å². The Hall–Kier alpha value is -3.72. The molecule has 0 spiro atoms. The van der Waals surface area contributed by atoms with E-state index in [4.69, 9.17) is 5.73 Å². The Morgan fingerprint density at radius 1 is 1.00 bits per heavy atom. The third-order valence-electron chi connectivity index (χ3n) is 5.35. The molecule has 0 bridgehead atoms. The number of nitrogens with zero attached hydrogens (tertiary/aromatic N) is 4. The maximum absolute atomic E-state index is 13.0. The van der Waals surface area contributed by atoms with Gasteiger partial charge in [0.05, 0.1) is 5.75 Å². The van der Waals surface area contributed by atoms with E-state index >= 15 is 0 Å². The molecule has 33 heavy (non-hydrogen) atoms. The summed E-state index contributed by atoms with van der Waals surface area (Å²) < 4.78 is 2.19. The smallest absolute Gasteiger partial charge is 0.332 e. The molecule has 2 heterocycles. The lowest BCUT2D eigenvalue weighted by Gasteiger charge is -2.14. The van der Waals surface area contributed by atoms with Gasteiger partial charge in [0.25, 0.3) is 5.56 Å². The van der Waals surface area contributed by atoms with Crippen molar-refractivity contribution in [1.82, 2.24) is 19.3 Å². The van der Waals surface area contributed by atoms with Crippen LogP contribution in [0.5, 0.6) is 0 Å². The number of fused-ring (bicyclic) bond motifs is 1. The van der Waals surface area contributed by atoms with Crippen LogP contribution in [0.3, 0.4) is 0 Å². The van der Waals surface area contributed by atoms with Crippen molar-refractivity contribution in [3.8, 4) is 11.3 Å². The number of thioether (sulfide) groups is 1. The molecule has 0 unspecified atom stereocenters. The minimum Gasteiger partial charge on any atom is -0.384 e. The summed E-state index contributed by atoms with van der Waals surface area (Å²) in [6.45, 7) is 2.21. The van der Waals surface area contributed by atoms with Crippen molar-refractivity contribution in [2.75, 3.05) is 11.5 Å². The Kier molecular flexibility index (Phi) is 6.41. The lowest BCUT2D eigenvalue weighted by molar-refractivity contribution is 0.102. The predicted octanol–water partition coefficient (Wildman–Crippen LogP) is 3.12. The summed E-state index contributed by atoms with van der Waals surface area (Å²) in [7, 11) is 1.35. The van der Waals surface area contributed by atoms with Crippen LogP contribution >= 0.6 is 11.8 Å². The van der Waals surface area contributed by atoms with Gasteiger partial charge in [-0.2, -0.15) is 0 Å². The molecule has 0 amide bonds. The van der Waals surface area contributed by atoms with E-state index in [1.54, 1.807) is 0 Å². The summed E-state index contributed by atoms with van der Waals surface area (Å²) in [6, 6.07) is 17.5. The number of carbonyl (C=O) groups is 1. The molecular weight excluding hydrogens is 438 g/mol. The zero-order chi connectivity index (χ0) is 23.5. The van der Waals surface area contributed by atoms with Gasteiger partial charge in [0.1, 0.15) is 22.1 Å². The minimum atomic E-state index is -0.689. The number of anilines is 1. The number of rotatable bonds is 7.